The molecule has 0 unspecified atom stereocenters. The Morgan fingerprint density at radius 1 is 1.04 bits per heavy atom. The Bertz CT molecular complexity index is 958. The van der Waals surface area contributed by atoms with E-state index in [-0.39, 0.29) is 0 Å². The van der Waals surface area contributed by atoms with E-state index in [2.05, 4.69) is 58.5 Å². The van der Waals surface area contributed by atoms with Crippen molar-refractivity contribution in [1.82, 2.24) is 9.55 Å². The molecule has 126 valence electrons. The molecule has 0 radical (unpaired) electrons. The fourth-order valence-electron chi connectivity index (χ4n) is 3.14. The number of methoxy groups -OCH3 is 1. The van der Waals surface area contributed by atoms with Gasteiger partial charge >= 0.3 is 0 Å². The first kappa shape index (κ1) is 15.9. The number of hydrogen-bond acceptors (Lipinski definition) is 3. The Morgan fingerprint density at radius 2 is 1.92 bits per heavy atom. The summed E-state index contributed by atoms with van der Waals surface area (Å²) in [6.07, 6.45) is 2.14. The molecule has 2 aromatic carbocycles. The number of aromatic nitrogens is 2. The normalized spacial score (nSPS) is 11.1. The van der Waals surface area contributed by atoms with Crippen molar-refractivity contribution in [3.63, 3.8) is 0 Å². The zero-order valence-electron chi connectivity index (χ0n) is 14.2. The fraction of sp³-hybridized carbons (Fsp3) is 0.190. The fourth-order valence-corrected chi connectivity index (χ4v) is 3.86. The summed E-state index contributed by atoms with van der Waals surface area (Å²) in [6, 6.07) is 21.0. The van der Waals surface area contributed by atoms with Crippen LogP contribution in [-0.4, -0.2) is 16.7 Å². The first-order chi connectivity index (χ1) is 12.3. The molecule has 0 fully saturated rings. The highest BCUT2D eigenvalue weighted by molar-refractivity contribution is 7.13. The predicted octanol–water partition coefficient (Wildman–Crippen LogP) is 5.41. The third-order valence-corrected chi connectivity index (χ3v) is 5.25. The molecule has 0 atom stereocenters. The Balaban J connectivity index is 1.67. The SMILES string of the molecule is COc1ccc2nc(-c3cccs3)n(CCCc3ccccc3)c2c1. The standard InChI is InChI=1S/C21H20N2OS/c1-24-17-11-12-18-19(15-17)23(21(22-18)20-10-6-14-25-20)13-5-9-16-7-3-2-4-8-16/h2-4,6-8,10-12,14-15H,5,9,13H2,1H3. The van der Waals surface area contributed by atoms with Crippen molar-refractivity contribution >= 4 is 22.4 Å². The highest BCUT2D eigenvalue weighted by atomic mass is 32.1. The summed E-state index contributed by atoms with van der Waals surface area (Å²) in [5.74, 6) is 1.92. The summed E-state index contributed by atoms with van der Waals surface area (Å²) in [4.78, 5) is 6.08. The molecule has 0 saturated heterocycles. The third-order valence-electron chi connectivity index (χ3n) is 4.39. The quantitative estimate of drug-likeness (QED) is 0.466. The second-order valence-electron chi connectivity index (χ2n) is 6.01. The molecule has 4 heteroatoms. The number of rotatable bonds is 6. The van der Waals surface area contributed by atoms with Gasteiger partial charge in [0, 0.05) is 12.6 Å². The van der Waals surface area contributed by atoms with E-state index in [1.807, 2.05) is 12.1 Å². The van der Waals surface area contributed by atoms with Gasteiger partial charge < -0.3 is 9.30 Å². The first-order valence-corrected chi connectivity index (χ1v) is 9.35. The van der Waals surface area contributed by atoms with E-state index in [1.54, 1.807) is 18.4 Å². The number of aryl methyl sites for hydroxylation is 2. The number of hydrogen-bond donors (Lipinski definition) is 0. The molecule has 0 aliphatic heterocycles. The Kier molecular flexibility index (Phi) is 4.53. The van der Waals surface area contributed by atoms with Crippen molar-refractivity contribution in [1.29, 1.82) is 0 Å². The maximum atomic E-state index is 5.41. The largest absolute Gasteiger partial charge is 0.497 e. The molecule has 0 spiro atoms. The first-order valence-electron chi connectivity index (χ1n) is 8.47. The van der Waals surface area contributed by atoms with Crippen LogP contribution in [0, 0.1) is 0 Å². The molecule has 0 bridgehead atoms. The minimum Gasteiger partial charge on any atom is -0.497 e. The summed E-state index contributed by atoms with van der Waals surface area (Å²) in [5, 5.41) is 2.10. The summed E-state index contributed by atoms with van der Waals surface area (Å²) >= 11 is 1.73. The number of nitrogens with zero attached hydrogens (tertiary/aromatic N) is 2. The molecule has 25 heavy (non-hydrogen) atoms. The van der Waals surface area contributed by atoms with Gasteiger partial charge in [-0.3, -0.25) is 0 Å². The van der Waals surface area contributed by atoms with Crippen LogP contribution in [-0.2, 0) is 13.0 Å². The van der Waals surface area contributed by atoms with Gasteiger partial charge in [0.05, 0.1) is 23.0 Å². The highest BCUT2D eigenvalue weighted by Gasteiger charge is 2.14. The number of ether oxygens (including phenoxy) is 1. The van der Waals surface area contributed by atoms with E-state index in [0.29, 0.717) is 0 Å². The van der Waals surface area contributed by atoms with Crippen LogP contribution in [0.25, 0.3) is 21.7 Å². The summed E-state index contributed by atoms with van der Waals surface area (Å²) in [7, 11) is 1.71. The second-order valence-corrected chi connectivity index (χ2v) is 6.96. The van der Waals surface area contributed by atoms with Crippen LogP contribution < -0.4 is 4.74 Å². The van der Waals surface area contributed by atoms with E-state index in [9.17, 15) is 0 Å². The van der Waals surface area contributed by atoms with Crippen molar-refractivity contribution in [2.75, 3.05) is 7.11 Å². The number of fused-ring (bicyclic) bond motifs is 1. The molecular formula is C21H20N2OS. The highest BCUT2D eigenvalue weighted by Crippen LogP contribution is 2.30. The van der Waals surface area contributed by atoms with Crippen LogP contribution in [0.5, 0.6) is 5.75 Å². The van der Waals surface area contributed by atoms with Crippen molar-refractivity contribution < 1.29 is 4.74 Å². The molecule has 0 N–H and O–H groups in total. The van der Waals surface area contributed by atoms with Crippen molar-refractivity contribution in [2.45, 2.75) is 19.4 Å². The zero-order valence-corrected chi connectivity index (χ0v) is 15.0. The second kappa shape index (κ2) is 7.11. The maximum Gasteiger partial charge on any atom is 0.151 e. The van der Waals surface area contributed by atoms with Crippen LogP contribution in [0.2, 0.25) is 0 Å². The van der Waals surface area contributed by atoms with Gasteiger partial charge in [-0.1, -0.05) is 36.4 Å². The Hall–Kier alpha value is -2.59. The van der Waals surface area contributed by atoms with Crippen LogP contribution in [0.4, 0.5) is 0 Å². The lowest BCUT2D eigenvalue weighted by Gasteiger charge is -2.09. The minimum absolute atomic E-state index is 0.870. The van der Waals surface area contributed by atoms with Crippen LogP contribution in [0.3, 0.4) is 0 Å². The van der Waals surface area contributed by atoms with E-state index in [1.165, 1.54) is 10.4 Å². The van der Waals surface area contributed by atoms with Gasteiger partial charge in [-0.25, -0.2) is 4.98 Å². The minimum atomic E-state index is 0.870. The van der Waals surface area contributed by atoms with Crippen molar-refractivity contribution in [3.8, 4) is 16.5 Å². The lowest BCUT2D eigenvalue weighted by atomic mass is 10.1. The molecule has 4 aromatic rings. The van der Waals surface area contributed by atoms with Gasteiger partial charge in [0.2, 0.25) is 0 Å². The van der Waals surface area contributed by atoms with E-state index in [4.69, 9.17) is 9.72 Å². The van der Waals surface area contributed by atoms with E-state index >= 15 is 0 Å². The van der Waals surface area contributed by atoms with Crippen molar-refractivity contribution in [3.05, 3.63) is 71.6 Å². The lowest BCUT2D eigenvalue weighted by Crippen LogP contribution is -2.02. The predicted molar refractivity (Wildman–Crippen MR) is 104 cm³/mol. The smallest absolute Gasteiger partial charge is 0.151 e. The van der Waals surface area contributed by atoms with Crippen LogP contribution in [0.15, 0.2) is 66.0 Å². The molecule has 0 saturated carbocycles. The molecule has 4 rings (SSSR count). The van der Waals surface area contributed by atoms with E-state index in [0.717, 1.165) is 42.0 Å². The average Bonchev–Trinajstić information content (AvgIpc) is 3.30. The number of benzene rings is 2. The Labute approximate surface area is 151 Å². The molecule has 2 aromatic heterocycles. The topological polar surface area (TPSA) is 27.1 Å². The average molecular weight is 348 g/mol. The molecule has 0 amide bonds. The third kappa shape index (κ3) is 3.30. The molecule has 2 heterocycles. The van der Waals surface area contributed by atoms with Gasteiger partial charge in [-0.2, -0.15) is 0 Å². The van der Waals surface area contributed by atoms with Gasteiger partial charge in [-0.05, 0) is 42.0 Å². The van der Waals surface area contributed by atoms with Gasteiger partial charge in [0.25, 0.3) is 0 Å². The Morgan fingerprint density at radius 3 is 2.68 bits per heavy atom. The summed E-state index contributed by atoms with van der Waals surface area (Å²) in [5.41, 5.74) is 3.53. The van der Waals surface area contributed by atoms with Gasteiger partial charge in [-0.15, -0.1) is 11.3 Å². The van der Waals surface area contributed by atoms with Crippen LogP contribution in [0.1, 0.15) is 12.0 Å². The summed E-state index contributed by atoms with van der Waals surface area (Å²) < 4.78 is 7.74. The maximum absolute atomic E-state index is 5.41. The zero-order chi connectivity index (χ0) is 17.1. The van der Waals surface area contributed by atoms with Gasteiger partial charge in [0.1, 0.15) is 5.75 Å². The molecule has 0 aliphatic carbocycles. The van der Waals surface area contributed by atoms with Crippen LogP contribution >= 0.6 is 11.3 Å². The molecular weight excluding hydrogens is 328 g/mol. The molecule has 0 aliphatic rings. The lowest BCUT2D eigenvalue weighted by molar-refractivity contribution is 0.415. The number of imidazole rings is 1. The van der Waals surface area contributed by atoms with Crippen molar-refractivity contribution in [2.24, 2.45) is 0 Å². The number of thiophene rings is 1. The van der Waals surface area contributed by atoms with E-state index < -0.39 is 0 Å². The summed E-state index contributed by atoms with van der Waals surface area (Å²) in [6.45, 7) is 0.936. The molecule has 3 nitrogen and oxygen atoms in total. The monoisotopic (exact) mass is 348 g/mol. The van der Waals surface area contributed by atoms with Gasteiger partial charge in [0.15, 0.2) is 5.82 Å².